The van der Waals surface area contributed by atoms with Crippen LogP contribution >= 0.6 is 0 Å². The molecule has 6 heteroatoms. The molecule has 0 aliphatic heterocycles. The van der Waals surface area contributed by atoms with Crippen LogP contribution in [-0.2, 0) is 17.0 Å². The molecule has 2 rings (SSSR count). The highest BCUT2D eigenvalue weighted by Crippen LogP contribution is 2.29. The van der Waals surface area contributed by atoms with Crippen LogP contribution in [0.25, 0.3) is 0 Å². The predicted octanol–water partition coefficient (Wildman–Crippen LogP) is 6.02. The number of hydrogen-bond acceptors (Lipinski definition) is 4. The fourth-order valence-electron chi connectivity index (χ4n) is 3.76. The monoisotopic (exact) mass is 432 g/mol. The average Bonchev–Trinajstić information content (AvgIpc) is 2.63. The van der Waals surface area contributed by atoms with Crippen LogP contribution in [0.3, 0.4) is 0 Å². The first-order valence-electron chi connectivity index (χ1n) is 10.4. The molecule has 0 fully saturated rings. The zero-order chi connectivity index (χ0) is 21.7. The minimum absolute atomic E-state index is 0.182. The molecule has 0 saturated carbocycles. The summed E-state index contributed by atoms with van der Waals surface area (Å²) in [7, 11) is -1.94. The highest BCUT2D eigenvalue weighted by Gasteiger charge is 2.32. The topological polar surface area (TPSA) is 58.9 Å². The summed E-state index contributed by atoms with van der Waals surface area (Å²) in [5.74, 6) is 1.08. The van der Waals surface area contributed by atoms with Crippen molar-refractivity contribution in [1.29, 1.82) is 0 Å². The van der Waals surface area contributed by atoms with E-state index in [4.69, 9.17) is 8.85 Å². The summed E-state index contributed by atoms with van der Waals surface area (Å²) in [4.78, 5) is 0. The van der Waals surface area contributed by atoms with Crippen molar-refractivity contribution in [3.05, 3.63) is 53.1 Å². The van der Waals surface area contributed by atoms with E-state index in [0.717, 1.165) is 36.9 Å². The van der Waals surface area contributed by atoms with E-state index in [1.807, 2.05) is 25.1 Å². The van der Waals surface area contributed by atoms with E-state index in [9.17, 15) is 10.2 Å². The van der Waals surface area contributed by atoms with Crippen molar-refractivity contribution in [3.8, 4) is 17.2 Å². The van der Waals surface area contributed by atoms with Crippen LogP contribution in [0.15, 0.2) is 36.4 Å². The van der Waals surface area contributed by atoms with Gasteiger partial charge in [0.05, 0.1) is 7.11 Å². The van der Waals surface area contributed by atoms with Gasteiger partial charge in [-0.15, -0.1) is 0 Å². The fourth-order valence-corrected chi connectivity index (χ4v) is 12.5. The molecular weight excluding hydrogens is 396 g/mol. The molecule has 0 bridgehead atoms. The molecule has 0 radical (unpaired) electrons. The quantitative estimate of drug-likeness (QED) is 0.451. The van der Waals surface area contributed by atoms with Crippen molar-refractivity contribution < 1.29 is 19.1 Å². The Hall–Kier alpha value is -1.77. The third kappa shape index (κ3) is 7.53. The maximum Gasteiger partial charge on any atom is 0.173 e. The van der Waals surface area contributed by atoms with Crippen LogP contribution in [0.1, 0.15) is 23.1 Å². The average molecular weight is 433 g/mol. The summed E-state index contributed by atoms with van der Waals surface area (Å²) in [5.41, 5.74) is 3.39. The molecule has 0 amide bonds. The van der Waals surface area contributed by atoms with Crippen LogP contribution in [0.4, 0.5) is 0 Å². The lowest BCUT2D eigenvalue weighted by atomic mass is 10.1. The van der Waals surface area contributed by atoms with Gasteiger partial charge in [0.15, 0.2) is 28.1 Å². The molecule has 160 valence electrons. The van der Waals surface area contributed by atoms with Crippen molar-refractivity contribution in [1.82, 2.24) is 0 Å². The molecule has 2 N–H and O–H groups in total. The van der Waals surface area contributed by atoms with Gasteiger partial charge in [-0.05, 0) is 99.4 Å². The Labute approximate surface area is 177 Å². The Kier molecular flexibility index (Phi) is 7.97. The van der Waals surface area contributed by atoms with Crippen molar-refractivity contribution in [3.63, 3.8) is 0 Å². The van der Waals surface area contributed by atoms with Crippen LogP contribution in [0, 0.1) is 6.92 Å². The molecule has 0 aliphatic carbocycles. The summed E-state index contributed by atoms with van der Waals surface area (Å²) >= 11 is 0. The maximum absolute atomic E-state index is 9.76. The molecule has 0 aromatic heterocycles. The Morgan fingerprint density at radius 1 is 0.793 bits per heavy atom. The predicted molar refractivity (Wildman–Crippen MR) is 125 cm³/mol. The highest BCUT2D eigenvalue weighted by atomic mass is 28.4. The number of benzene rings is 2. The first kappa shape index (κ1) is 23.5. The third-order valence-electron chi connectivity index (χ3n) is 5.32. The zero-order valence-corrected chi connectivity index (χ0v) is 20.7. The number of hydrogen-bond donors (Lipinski definition) is 2. The molecule has 0 saturated heterocycles. The lowest BCUT2D eigenvalue weighted by Gasteiger charge is -2.34. The molecule has 2 aromatic carbocycles. The minimum atomic E-state index is -1.78. The number of ether oxygens (including phenoxy) is 1. The zero-order valence-electron chi connectivity index (χ0n) is 18.7. The Morgan fingerprint density at radius 3 is 2.00 bits per heavy atom. The Morgan fingerprint density at radius 2 is 1.38 bits per heavy atom. The van der Waals surface area contributed by atoms with Gasteiger partial charge in [-0.3, -0.25) is 0 Å². The van der Waals surface area contributed by atoms with Gasteiger partial charge < -0.3 is 19.1 Å². The molecule has 0 aliphatic rings. The van der Waals surface area contributed by atoms with E-state index in [1.54, 1.807) is 19.2 Å². The SMILES string of the molecule is COc1cc(CC[Si](C)(C)O[Si](C)(C)CCCc2ccc(O)c(C)c2)ccc1O. The van der Waals surface area contributed by atoms with Crippen molar-refractivity contribution in [2.45, 2.75) is 64.5 Å². The molecule has 0 spiro atoms. The van der Waals surface area contributed by atoms with Crippen molar-refractivity contribution in [2.75, 3.05) is 7.11 Å². The van der Waals surface area contributed by atoms with E-state index in [2.05, 4.69) is 32.3 Å². The van der Waals surface area contributed by atoms with E-state index in [1.165, 1.54) is 11.1 Å². The van der Waals surface area contributed by atoms with Gasteiger partial charge in [-0.2, -0.15) is 0 Å². The van der Waals surface area contributed by atoms with Crippen molar-refractivity contribution >= 4 is 16.6 Å². The highest BCUT2D eigenvalue weighted by molar-refractivity contribution is 6.84. The first-order chi connectivity index (χ1) is 13.5. The van der Waals surface area contributed by atoms with Gasteiger partial charge in [-0.1, -0.05) is 18.2 Å². The number of aromatic hydroxyl groups is 2. The fraction of sp³-hybridized carbons (Fsp3) is 0.478. The maximum atomic E-state index is 9.76. The number of phenols is 2. The van der Waals surface area contributed by atoms with Gasteiger partial charge in [0.2, 0.25) is 0 Å². The van der Waals surface area contributed by atoms with E-state index < -0.39 is 16.6 Å². The number of aryl methyl sites for hydroxylation is 3. The second-order valence-electron chi connectivity index (χ2n) is 9.10. The molecule has 0 heterocycles. The van der Waals surface area contributed by atoms with Crippen LogP contribution in [-0.4, -0.2) is 34.0 Å². The Balaban J connectivity index is 1.85. The lowest BCUT2D eigenvalue weighted by Crippen LogP contribution is -2.44. The summed E-state index contributed by atoms with van der Waals surface area (Å²) in [6, 6.07) is 13.7. The number of rotatable bonds is 10. The second-order valence-corrected chi connectivity index (χ2v) is 18.0. The molecule has 2 aromatic rings. The molecule has 0 unspecified atom stereocenters. The van der Waals surface area contributed by atoms with E-state index >= 15 is 0 Å². The summed E-state index contributed by atoms with van der Waals surface area (Å²) < 4.78 is 12.0. The minimum Gasteiger partial charge on any atom is -0.508 e. The van der Waals surface area contributed by atoms with Crippen LogP contribution in [0.5, 0.6) is 17.2 Å². The Bertz CT molecular complexity index is 819. The van der Waals surface area contributed by atoms with E-state index in [-0.39, 0.29) is 5.75 Å². The summed E-state index contributed by atoms with van der Waals surface area (Å²) in [6.07, 6.45) is 3.08. The number of methoxy groups -OCH3 is 1. The molecular formula is C23H36O4Si2. The largest absolute Gasteiger partial charge is 0.508 e. The molecule has 29 heavy (non-hydrogen) atoms. The van der Waals surface area contributed by atoms with E-state index in [0.29, 0.717) is 11.5 Å². The first-order valence-corrected chi connectivity index (χ1v) is 16.6. The van der Waals surface area contributed by atoms with Gasteiger partial charge >= 0.3 is 0 Å². The second kappa shape index (κ2) is 9.82. The smallest absolute Gasteiger partial charge is 0.173 e. The third-order valence-corrected chi connectivity index (χ3v) is 12.8. The van der Waals surface area contributed by atoms with Gasteiger partial charge in [0, 0.05) is 0 Å². The summed E-state index contributed by atoms with van der Waals surface area (Å²) in [6.45, 7) is 11.2. The van der Waals surface area contributed by atoms with Crippen LogP contribution in [0.2, 0.25) is 38.3 Å². The number of phenolic OH excluding ortho intramolecular Hbond substituents is 2. The summed E-state index contributed by atoms with van der Waals surface area (Å²) in [5, 5.41) is 19.4. The van der Waals surface area contributed by atoms with Crippen molar-refractivity contribution in [2.24, 2.45) is 0 Å². The normalized spacial score (nSPS) is 12.2. The van der Waals surface area contributed by atoms with Gasteiger partial charge in [0.25, 0.3) is 0 Å². The van der Waals surface area contributed by atoms with Gasteiger partial charge in [-0.25, -0.2) is 0 Å². The standard InChI is InChI=1S/C23H36O4Si2/c1-18-16-19(9-11-21(18)24)8-7-14-28(3,4)27-29(5,6)15-13-20-10-12-22(25)23(17-20)26-2/h9-12,16-17,24-25H,7-8,13-15H2,1-6H3. The lowest BCUT2D eigenvalue weighted by molar-refractivity contribution is 0.373. The molecule has 0 atom stereocenters. The molecule has 4 nitrogen and oxygen atoms in total. The van der Waals surface area contributed by atoms with Crippen LogP contribution < -0.4 is 4.74 Å². The van der Waals surface area contributed by atoms with Gasteiger partial charge in [0.1, 0.15) is 5.75 Å².